The molecule has 0 bridgehead atoms. The normalized spacial score (nSPS) is 10.5. The molecule has 7 nitrogen and oxygen atoms in total. The molecule has 0 saturated heterocycles. The van der Waals surface area contributed by atoms with Gasteiger partial charge in [-0.2, -0.15) is 5.10 Å². The topological polar surface area (TPSA) is 99.8 Å². The summed E-state index contributed by atoms with van der Waals surface area (Å²) in [5.74, 6) is -0.241. The van der Waals surface area contributed by atoms with Crippen molar-refractivity contribution in [3.05, 3.63) is 90.3 Å². The Morgan fingerprint density at radius 3 is 2.26 bits per heavy atom. The summed E-state index contributed by atoms with van der Waals surface area (Å²) < 4.78 is 0. The van der Waals surface area contributed by atoms with Gasteiger partial charge in [0, 0.05) is 29.1 Å². The number of aromatic amines is 1. The molecule has 154 valence electrons. The van der Waals surface area contributed by atoms with E-state index in [0.29, 0.717) is 11.4 Å². The third-order valence-electron chi connectivity index (χ3n) is 4.90. The number of nitrogens with zero attached hydrogens (tertiary/aromatic N) is 2. The second kappa shape index (κ2) is 9.04. The molecule has 0 saturated carbocycles. The standard InChI is InChI=1S/C24H21N5O2/c1-16-22(19-11-13-25-14-12-19)28-29-23(16)27-21(30)15-26-24(31)20-9-7-18(8-10-20)17-5-3-2-4-6-17/h2-14H,15H2,1H3,(H,26,31)(H2,27,28,29,30). The Hall–Kier alpha value is -4.26. The number of aromatic nitrogens is 3. The number of H-pyrrole nitrogens is 1. The maximum atomic E-state index is 12.4. The average molecular weight is 411 g/mol. The number of carbonyl (C=O) groups is 2. The summed E-state index contributed by atoms with van der Waals surface area (Å²) in [6.45, 7) is 1.71. The van der Waals surface area contributed by atoms with Gasteiger partial charge in [-0.15, -0.1) is 0 Å². The van der Waals surface area contributed by atoms with Crippen LogP contribution in [0.1, 0.15) is 15.9 Å². The van der Waals surface area contributed by atoms with Gasteiger partial charge in [0.15, 0.2) is 5.82 Å². The summed E-state index contributed by atoms with van der Waals surface area (Å²) in [6, 6.07) is 20.9. The van der Waals surface area contributed by atoms with Gasteiger partial charge in [0.05, 0.1) is 12.2 Å². The number of anilines is 1. The van der Waals surface area contributed by atoms with Gasteiger partial charge in [0.2, 0.25) is 5.91 Å². The molecule has 31 heavy (non-hydrogen) atoms. The first-order valence-corrected chi connectivity index (χ1v) is 9.81. The highest BCUT2D eigenvalue weighted by Crippen LogP contribution is 2.25. The van der Waals surface area contributed by atoms with E-state index >= 15 is 0 Å². The molecule has 0 spiro atoms. The molecule has 7 heteroatoms. The number of carbonyl (C=O) groups excluding carboxylic acids is 2. The first-order chi connectivity index (χ1) is 15.1. The highest BCUT2D eigenvalue weighted by molar-refractivity contribution is 5.99. The lowest BCUT2D eigenvalue weighted by molar-refractivity contribution is -0.115. The summed E-state index contributed by atoms with van der Waals surface area (Å²) in [4.78, 5) is 28.7. The van der Waals surface area contributed by atoms with E-state index in [9.17, 15) is 9.59 Å². The molecule has 0 fully saturated rings. The van der Waals surface area contributed by atoms with Crippen molar-refractivity contribution < 1.29 is 9.59 Å². The molecule has 0 unspecified atom stereocenters. The third kappa shape index (κ3) is 4.67. The van der Waals surface area contributed by atoms with Crippen LogP contribution in [0.5, 0.6) is 0 Å². The highest BCUT2D eigenvalue weighted by Gasteiger charge is 2.14. The number of nitrogens with one attached hydrogen (secondary N) is 3. The third-order valence-corrected chi connectivity index (χ3v) is 4.90. The number of hydrogen-bond donors (Lipinski definition) is 3. The molecule has 2 amide bonds. The van der Waals surface area contributed by atoms with E-state index in [-0.39, 0.29) is 18.4 Å². The summed E-state index contributed by atoms with van der Waals surface area (Å²) >= 11 is 0. The van der Waals surface area contributed by atoms with E-state index in [2.05, 4.69) is 25.8 Å². The van der Waals surface area contributed by atoms with Gasteiger partial charge >= 0.3 is 0 Å². The molecular formula is C24H21N5O2. The molecule has 3 N–H and O–H groups in total. The van der Waals surface area contributed by atoms with Crippen LogP contribution >= 0.6 is 0 Å². The number of amides is 2. The predicted molar refractivity (Wildman–Crippen MR) is 119 cm³/mol. The van der Waals surface area contributed by atoms with Crippen LogP contribution in [-0.2, 0) is 4.79 Å². The van der Waals surface area contributed by atoms with Crippen molar-refractivity contribution in [1.29, 1.82) is 0 Å². The van der Waals surface area contributed by atoms with Crippen LogP contribution in [0, 0.1) is 6.92 Å². The second-order valence-corrected chi connectivity index (χ2v) is 6.98. The van der Waals surface area contributed by atoms with Gasteiger partial charge < -0.3 is 10.6 Å². The van der Waals surface area contributed by atoms with Crippen molar-refractivity contribution in [2.45, 2.75) is 6.92 Å². The minimum atomic E-state index is -0.356. The summed E-state index contributed by atoms with van der Waals surface area (Å²) in [5.41, 5.74) is 5.13. The second-order valence-electron chi connectivity index (χ2n) is 6.98. The molecule has 0 aliphatic carbocycles. The Kier molecular flexibility index (Phi) is 5.84. The molecule has 2 aromatic heterocycles. The molecule has 0 aliphatic rings. The van der Waals surface area contributed by atoms with Crippen LogP contribution in [0.15, 0.2) is 79.1 Å². The first kappa shape index (κ1) is 20.0. The van der Waals surface area contributed by atoms with Crippen LogP contribution < -0.4 is 10.6 Å². The number of hydrogen-bond acceptors (Lipinski definition) is 4. The summed E-state index contributed by atoms with van der Waals surface area (Å²) in [5, 5.41) is 12.5. The fourth-order valence-electron chi connectivity index (χ4n) is 3.20. The maximum absolute atomic E-state index is 12.4. The molecule has 4 rings (SSSR count). The van der Waals surface area contributed by atoms with Gasteiger partial charge in [-0.25, -0.2) is 0 Å². The van der Waals surface area contributed by atoms with Gasteiger partial charge in [0.1, 0.15) is 0 Å². The van der Waals surface area contributed by atoms with Gasteiger partial charge in [0.25, 0.3) is 5.91 Å². The van der Waals surface area contributed by atoms with Crippen molar-refractivity contribution in [2.75, 3.05) is 11.9 Å². The Bertz CT molecular complexity index is 1190. The zero-order chi connectivity index (χ0) is 21.6. The molecule has 2 heterocycles. The largest absolute Gasteiger partial charge is 0.343 e. The van der Waals surface area contributed by atoms with E-state index in [1.807, 2.05) is 61.5 Å². The lowest BCUT2D eigenvalue weighted by Gasteiger charge is -2.07. The summed E-state index contributed by atoms with van der Waals surface area (Å²) in [6.07, 6.45) is 3.38. The SMILES string of the molecule is Cc1c(NC(=O)CNC(=O)c2ccc(-c3ccccc3)cc2)n[nH]c1-c1ccncc1. The van der Waals surface area contributed by atoms with E-state index in [1.54, 1.807) is 24.5 Å². The minimum absolute atomic E-state index is 0.157. The number of benzene rings is 2. The fraction of sp³-hybridized carbons (Fsp3) is 0.0833. The van der Waals surface area contributed by atoms with Crippen LogP contribution in [0.4, 0.5) is 5.82 Å². The van der Waals surface area contributed by atoms with Crippen LogP contribution in [0.3, 0.4) is 0 Å². The molecule has 2 aromatic carbocycles. The van der Waals surface area contributed by atoms with Crippen LogP contribution in [0.25, 0.3) is 22.4 Å². The molecular weight excluding hydrogens is 390 g/mol. The highest BCUT2D eigenvalue weighted by atomic mass is 16.2. The molecule has 0 aliphatic heterocycles. The Labute approximate surface area is 179 Å². The van der Waals surface area contributed by atoms with Gasteiger partial charge in [-0.3, -0.25) is 19.7 Å². The Morgan fingerprint density at radius 1 is 0.871 bits per heavy atom. The van der Waals surface area contributed by atoms with E-state index in [1.165, 1.54) is 0 Å². The summed E-state index contributed by atoms with van der Waals surface area (Å²) in [7, 11) is 0. The maximum Gasteiger partial charge on any atom is 0.251 e. The van der Waals surface area contributed by atoms with E-state index < -0.39 is 0 Å². The fourth-order valence-corrected chi connectivity index (χ4v) is 3.20. The molecule has 0 radical (unpaired) electrons. The minimum Gasteiger partial charge on any atom is -0.343 e. The van der Waals surface area contributed by atoms with Gasteiger partial charge in [-0.1, -0.05) is 42.5 Å². The van der Waals surface area contributed by atoms with Crippen LogP contribution in [-0.4, -0.2) is 33.5 Å². The quantitative estimate of drug-likeness (QED) is 0.449. The van der Waals surface area contributed by atoms with Crippen molar-refractivity contribution in [1.82, 2.24) is 20.5 Å². The van der Waals surface area contributed by atoms with Crippen molar-refractivity contribution in [3.63, 3.8) is 0 Å². The molecule has 0 atom stereocenters. The smallest absolute Gasteiger partial charge is 0.251 e. The zero-order valence-corrected chi connectivity index (χ0v) is 16.9. The van der Waals surface area contributed by atoms with Crippen LogP contribution in [0.2, 0.25) is 0 Å². The lowest BCUT2D eigenvalue weighted by Crippen LogP contribution is -2.33. The lowest BCUT2D eigenvalue weighted by atomic mass is 10.0. The van der Waals surface area contributed by atoms with Crippen molar-refractivity contribution in [3.8, 4) is 22.4 Å². The Balaban J connectivity index is 1.34. The van der Waals surface area contributed by atoms with Crippen molar-refractivity contribution in [2.24, 2.45) is 0 Å². The monoisotopic (exact) mass is 411 g/mol. The van der Waals surface area contributed by atoms with Crippen molar-refractivity contribution >= 4 is 17.6 Å². The van der Waals surface area contributed by atoms with E-state index in [4.69, 9.17) is 0 Å². The first-order valence-electron chi connectivity index (χ1n) is 9.81. The average Bonchev–Trinajstić information content (AvgIpc) is 3.18. The molecule has 4 aromatic rings. The predicted octanol–water partition coefficient (Wildman–Crippen LogP) is 3.82. The number of rotatable bonds is 6. The Morgan fingerprint density at radius 2 is 1.55 bits per heavy atom. The zero-order valence-electron chi connectivity index (χ0n) is 16.9. The van der Waals surface area contributed by atoms with E-state index in [0.717, 1.165) is 27.9 Å². The number of pyridine rings is 1. The van der Waals surface area contributed by atoms with Gasteiger partial charge in [-0.05, 0) is 42.3 Å².